The van der Waals surface area contributed by atoms with Crippen molar-refractivity contribution in [3.8, 4) is 0 Å². The topological polar surface area (TPSA) is 73.0 Å². The fourth-order valence-corrected chi connectivity index (χ4v) is 3.93. The number of hydrogen-bond acceptors (Lipinski definition) is 4. The maximum absolute atomic E-state index is 12.8. The van der Waals surface area contributed by atoms with Crippen LogP contribution >= 0.6 is 0 Å². The van der Waals surface area contributed by atoms with Crippen LogP contribution in [0.15, 0.2) is 0 Å². The highest BCUT2D eigenvalue weighted by molar-refractivity contribution is 5.82. The highest BCUT2D eigenvalue weighted by Gasteiger charge is 2.37. The smallest absolute Gasteiger partial charge is 0.241 e. The van der Waals surface area contributed by atoms with Crippen molar-refractivity contribution in [2.75, 3.05) is 39.8 Å². The molecular weight excluding hydrogens is 320 g/mol. The molecule has 2 aliphatic heterocycles. The molecule has 25 heavy (non-hydrogen) atoms. The predicted octanol–water partition coefficient (Wildman–Crippen LogP) is 0.302. The van der Waals surface area contributed by atoms with Crippen molar-refractivity contribution in [3.05, 3.63) is 0 Å². The zero-order valence-corrected chi connectivity index (χ0v) is 15.7. The van der Waals surface area contributed by atoms with Gasteiger partial charge in [-0.2, -0.15) is 0 Å². The number of nitrogens with zero attached hydrogens (tertiary/aromatic N) is 3. The first-order valence-corrected chi connectivity index (χ1v) is 9.41. The van der Waals surface area contributed by atoms with Gasteiger partial charge in [-0.15, -0.1) is 0 Å². The van der Waals surface area contributed by atoms with Gasteiger partial charge in [-0.05, 0) is 38.1 Å². The molecule has 2 aliphatic rings. The van der Waals surface area contributed by atoms with Crippen LogP contribution in [-0.4, -0.2) is 84.8 Å². The molecule has 7 nitrogen and oxygen atoms in total. The van der Waals surface area contributed by atoms with Gasteiger partial charge >= 0.3 is 0 Å². The lowest BCUT2D eigenvalue weighted by Crippen LogP contribution is -2.53. The summed E-state index contributed by atoms with van der Waals surface area (Å²) in [5, 5.41) is 2.43. The van der Waals surface area contributed by atoms with E-state index in [0.717, 1.165) is 45.3 Å². The Morgan fingerprint density at radius 2 is 1.88 bits per heavy atom. The van der Waals surface area contributed by atoms with E-state index in [2.05, 4.69) is 24.1 Å². The third-order valence-corrected chi connectivity index (χ3v) is 5.49. The summed E-state index contributed by atoms with van der Waals surface area (Å²) in [6, 6.07) is -0.0242. The predicted molar refractivity (Wildman–Crippen MR) is 95.9 cm³/mol. The number of rotatable bonds is 8. The van der Waals surface area contributed by atoms with Crippen molar-refractivity contribution in [2.24, 2.45) is 5.92 Å². The molecule has 0 radical (unpaired) electrons. The lowest BCUT2D eigenvalue weighted by Gasteiger charge is -2.37. The molecule has 1 unspecified atom stereocenters. The van der Waals surface area contributed by atoms with E-state index in [0.29, 0.717) is 13.0 Å². The molecule has 0 aromatic rings. The summed E-state index contributed by atoms with van der Waals surface area (Å²) in [5.41, 5.74) is 0. The zero-order valence-electron chi connectivity index (χ0n) is 15.7. The molecule has 2 rings (SSSR count). The van der Waals surface area contributed by atoms with Crippen LogP contribution in [0.3, 0.4) is 0 Å². The fourth-order valence-electron chi connectivity index (χ4n) is 3.93. The number of hydrogen-bond donors (Lipinski definition) is 1. The van der Waals surface area contributed by atoms with E-state index in [1.54, 1.807) is 11.9 Å². The van der Waals surface area contributed by atoms with Crippen molar-refractivity contribution in [1.29, 1.82) is 0 Å². The SMILES string of the molecule is CC(C)[C@@H](CN1CCCC1C(=O)N1CCCC1)N(C)C(=O)CNC=O. The molecule has 142 valence electrons. The third kappa shape index (κ3) is 4.93. The van der Waals surface area contributed by atoms with E-state index < -0.39 is 0 Å². The monoisotopic (exact) mass is 352 g/mol. The van der Waals surface area contributed by atoms with Crippen LogP contribution < -0.4 is 5.32 Å². The number of carbonyl (C=O) groups excluding carboxylic acids is 3. The molecule has 1 N–H and O–H groups in total. The second kappa shape index (κ2) is 9.17. The van der Waals surface area contributed by atoms with Crippen molar-refractivity contribution < 1.29 is 14.4 Å². The molecule has 0 bridgehead atoms. The molecular formula is C18H32N4O3. The van der Waals surface area contributed by atoms with E-state index >= 15 is 0 Å². The van der Waals surface area contributed by atoms with Gasteiger partial charge in [-0.1, -0.05) is 13.8 Å². The summed E-state index contributed by atoms with van der Waals surface area (Å²) in [6.07, 6.45) is 4.69. The van der Waals surface area contributed by atoms with Crippen molar-refractivity contribution in [3.63, 3.8) is 0 Å². The standard InChI is InChI=1S/C18H32N4O3/c1-14(2)16(20(3)17(24)11-19-13-23)12-22-10-6-7-15(22)18(25)21-8-4-5-9-21/h13-16H,4-12H2,1-3H3,(H,19,23)/t15?,16-/m1/s1. The first-order valence-electron chi connectivity index (χ1n) is 9.41. The van der Waals surface area contributed by atoms with Gasteiger partial charge in [0, 0.05) is 32.7 Å². The highest BCUT2D eigenvalue weighted by atomic mass is 16.2. The van der Waals surface area contributed by atoms with Gasteiger partial charge in [0.1, 0.15) is 0 Å². The van der Waals surface area contributed by atoms with Crippen LogP contribution in [0.1, 0.15) is 39.5 Å². The first-order chi connectivity index (χ1) is 12.0. The summed E-state index contributed by atoms with van der Waals surface area (Å²) in [5.74, 6) is 0.426. The molecule has 2 atom stereocenters. The maximum Gasteiger partial charge on any atom is 0.241 e. The average molecular weight is 352 g/mol. The van der Waals surface area contributed by atoms with Gasteiger partial charge < -0.3 is 15.1 Å². The molecule has 2 fully saturated rings. The maximum atomic E-state index is 12.8. The summed E-state index contributed by atoms with van der Waals surface area (Å²) < 4.78 is 0. The summed E-state index contributed by atoms with van der Waals surface area (Å²) in [7, 11) is 1.78. The number of nitrogens with one attached hydrogen (secondary N) is 1. The number of carbonyl (C=O) groups is 3. The van der Waals surface area contributed by atoms with Gasteiger partial charge in [0.25, 0.3) is 0 Å². The van der Waals surface area contributed by atoms with Crippen molar-refractivity contribution in [1.82, 2.24) is 20.0 Å². The molecule has 2 saturated heterocycles. The molecule has 7 heteroatoms. The number of likely N-dealkylation sites (tertiary alicyclic amines) is 2. The summed E-state index contributed by atoms with van der Waals surface area (Å²) in [4.78, 5) is 41.5. The van der Waals surface area contributed by atoms with Crippen LogP contribution in [0.2, 0.25) is 0 Å². The van der Waals surface area contributed by atoms with Crippen LogP contribution in [0.25, 0.3) is 0 Å². The van der Waals surface area contributed by atoms with E-state index in [9.17, 15) is 14.4 Å². The Hall–Kier alpha value is -1.63. The Bertz CT molecular complexity index is 477. The molecule has 3 amide bonds. The van der Waals surface area contributed by atoms with Crippen LogP contribution in [0.5, 0.6) is 0 Å². The summed E-state index contributed by atoms with van der Waals surface area (Å²) in [6.45, 7) is 7.57. The van der Waals surface area contributed by atoms with E-state index in [4.69, 9.17) is 0 Å². The van der Waals surface area contributed by atoms with Crippen LogP contribution in [0, 0.1) is 5.92 Å². The fraction of sp³-hybridized carbons (Fsp3) is 0.833. The normalized spacial score (nSPS) is 22.2. The minimum Gasteiger partial charge on any atom is -0.350 e. The van der Waals surface area contributed by atoms with Crippen LogP contribution in [0.4, 0.5) is 0 Å². The molecule has 0 aromatic carbocycles. The summed E-state index contributed by atoms with van der Waals surface area (Å²) >= 11 is 0. The Morgan fingerprint density at radius 3 is 2.48 bits per heavy atom. The van der Waals surface area contributed by atoms with Gasteiger partial charge in [0.15, 0.2) is 0 Å². The van der Waals surface area contributed by atoms with Crippen molar-refractivity contribution >= 4 is 18.2 Å². The average Bonchev–Trinajstić information content (AvgIpc) is 3.27. The zero-order chi connectivity index (χ0) is 18.4. The van der Waals surface area contributed by atoms with E-state index in [-0.39, 0.29) is 36.4 Å². The lowest BCUT2D eigenvalue weighted by atomic mass is 10.0. The minimum absolute atomic E-state index is 0.0133. The second-order valence-electron chi connectivity index (χ2n) is 7.50. The lowest BCUT2D eigenvalue weighted by molar-refractivity contribution is -0.136. The Balaban J connectivity index is 2.00. The van der Waals surface area contributed by atoms with Gasteiger partial charge in [-0.3, -0.25) is 19.3 Å². The second-order valence-corrected chi connectivity index (χ2v) is 7.50. The van der Waals surface area contributed by atoms with Gasteiger partial charge in [0.2, 0.25) is 18.2 Å². The Morgan fingerprint density at radius 1 is 1.20 bits per heavy atom. The van der Waals surface area contributed by atoms with E-state index in [1.807, 2.05) is 4.90 Å². The third-order valence-electron chi connectivity index (χ3n) is 5.49. The number of amides is 3. The van der Waals surface area contributed by atoms with Crippen molar-refractivity contribution in [2.45, 2.75) is 51.6 Å². The molecule has 2 heterocycles. The van der Waals surface area contributed by atoms with Gasteiger partial charge in [-0.25, -0.2) is 0 Å². The molecule has 0 spiro atoms. The largest absolute Gasteiger partial charge is 0.350 e. The first kappa shape index (κ1) is 19.7. The van der Waals surface area contributed by atoms with Gasteiger partial charge in [0.05, 0.1) is 12.6 Å². The number of likely N-dealkylation sites (N-methyl/N-ethyl adjacent to an activating group) is 1. The minimum atomic E-state index is -0.104. The quantitative estimate of drug-likeness (QED) is 0.638. The van der Waals surface area contributed by atoms with Crippen LogP contribution in [-0.2, 0) is 14.4 Å². The van der Waals surface area contributed by atoms with E-state index in [1.165, 1.54) is 0 Å². The Kier molecular flexibility index (Phi) is 7.23. The molecule has 0 saturated carbocycles. The molecule has 0 aliphatic carbocycles. The molecule has 0 aromatic heterocycles. The highest BCUT2D eigenvalue weighted by Crippen LogP contribution is 2.24. The Labute approximate surface area is 150 Å².